The molecule has 0 aliphatic heterocycles. The first-order chi connectivity index (χ1) is 9.47. The molecule has 0 saturated carbocycles. The first-order valence-corrected chi connectivity index (χ1v) is 6.15. The van der Waals surface area contributed by atoms with Crippen molar-refractivity contribution in [3.8, 4) is 0 Å². The molecule has 106 valence electrons. The van der Waals surface area contributed by atoms with Crippen molar-refractivity contribution in [1.29, 1.82) is 0 Å². The highest BCUT2D eigenvalue weighted by Crippen LogP contribution is 2.20. The quantitative estimate of drug-likeness (QED) is 0.861. The van der Waals surface area contributed by atoms with Crippen LogP contribution in [0.2, 0.25) is 5.02 Å². The molecule has 1 heterocycles. The second kappa shape index (κ2) is 5.98. The summed E-state index contributed by atoms with van der Waals surface area (Å²) in [7, 11) is 0. The lowest BCUT2D eigenvalue weighted by atomic mass is 10.2. The molecule has 0 bridgehead atoms. The largest absolute Gasteiger partial charge is 0.480 e. The normalized spacial score (nSPS) is 12.3. The predicted molar refractivity (Wildman–Crippen MR) is 69.8 cm³/mol. The average Bonchev–Trinajstić information content (AvgIpc) is 2.82. The van der Waals surface area contributed by atoms with Gasteiger partial charge < -0.3 is 10.8 Å². The molecule has 1 atom stereocenters. The van der Waals surface area contributed by atoms with Gasteiger partial charge in [-0.15, -0.1) is 5.10 Å². The van der Waals surface area contributed by atoms with Crippen LogP contribution in [-0.4, -0.2) is 32.1 Å². The van der Waals surface area contributed by atoms with Crippen molar-refractivity contribution in [2.45, 2.75) is 19.0 Å². The van der Waals surface area contributed by atoms with Crippen LogP contribution in [0.5, 0.6) is 0 Å². The molecule has 2 rings (SSSR count). The Labute approximate surface area is 119 Å². The van der Waals surface area contributed by atoms with Crippen LogP contribution in [-0.2, 0) is 17.8 Å². The molecule has 2 aromatic rings. The molecule has 0 aliphatic rings. The SMILES string of the molecule is NC(Cc1cn(Cc2cccc(F)c2Cl)nn1)C(=O)O. The van der Waals surface area contributed by atoms with Gasteiger partial charge in [-0.25, -0.2) is 9.07 Å². The van der Waals surface area contributed by atoms with E-state index in [0.717, 1.165) is 0 Å². The van der Waals surface area contributed by atoms with Crippen molar-refractivity contribution in [3.63, 3.8) is 0 Å². The van der Waals surface area contributed by atoms with Crippen LogP contribution in [0, 0.1) is 5.82 Å². The van der Waals surface area contributed by atoms with Crippen molar-refractivity contribution in [3.05, 3.63) is 46.5 Å². The number of hydrogen-bond acceptors (Lipinski definition) is 4. The second-order valence-corrected chi connectivity index (χ2v) is 4.65. The molecule has 3 N–H and O–H groups in total. The van der Waals surface area contributed by atoms with E-state index < -0.39 is 17.8 Å². The van der Waals surface area contributed by atoms with Crippen LogP contribution < -0.4 is 5.73 Å². The van der Waals surface area contributed by atoms with Crippen molar-refractivity contribution < 1.29 is 14.3 Å². The molecule has 6 nitrogen and oxygen atoms in total. The molecule has 0 fully saturated rings. The molecule has 0 spiro atoms. The fourth-order valence-corrected chi connectivity index (χ4v) is 1.85. The van der Waals surface area contributed by atoms with Crippen molar-refractivity contribution in [1.82, 2.24) is 15.0 Å². The lowest BCUT2D eigenvalue weighted by Crippen LogP contribution is -2.32. The maximum atomic E-state index is 13.3. The number of aliphatic carboxylic acids is 1. The first-order valence-electron chi connectivity index (χ1n) is 5.77. The predicted octanol–water partition coefficient (Wildman–Crippen LogP) is 1.07. The first kappa shape index (κ1) is 14.4. The maximum absolute atomic E-state index is 13.3. The van der Waals surface area contributed by atoms with Crippen LogP contribution in [0.25, 0.3) is 0 Å². The highest BCUT2D eigenvalue weighted by Gasteiger charge is 2.15. The van der Waals surface area contributed by atoms with Crippen LogP contribution in [0.15, 0.2) is 24.4 Å². The minimum Gasteiger partial charge on any atom is -0.480 e. The number of rotatable bonds is 5. The van der Waals surface area contributed by atoms with Gasteiger partial charge in [-0.05, 0) is 11.6 Å². The van der Waals surface area contributed by atoms with Crippen molar-refractivity contribution >= 4 is 17.6 Å². The van der Waals surface area contributed by atoms with Gasteiger partial charge in [0.15, 0.2) is 0 Å². The molecular weight excluding hydrogens is 287 g/mol. The lowest BCUT2D eigenvalue weighted by molar-refractivity contribution is -0.138. The van der Waals surface area contributed by atoms with E-state index in [4.69, 9.17) is 22.4 Å². The number of carbonyl (C=O) groups is 1. The van der Waals surface area contributed by atoms with E-state index in [1.807, 2.05) is 0 Å². The summed E-state index contributed by atoms with van der Waals surface area (Å²) >= 11 is 5.84. The summed E-state index contributed by atoms with van der Waals surface area (Å²) in [5.41, 5.74) is 6.42. The third-order valence-electron chi connectivity index (χ3n) is 2.70. The van der Waals surface area contributed by atoms with Gasteiger partial charge in [-0.1, -0.05) is 28.9 Å². The molecule has 0 saturated heterocycles. The monoisotopic (exact) mass is 298 g/mol. The summed E-state index contributed by atoms with van der Waals surface area (Å²) < 4.78 is 14.7. The fraction of sp³-hybridized carbons (Fsp3) is 0.250. The van der Waals surface area contributed by atoms with E-state index in [0.29, 0.717) is 11.3 Å². The Bertz CT molecular complexity index is 632. The van der Waals surface area contributed by atoms with E-state index in [1.54, 1.807) is 18.3 Å². The molecule has 0 aliphatic carbocycles. The number of halogens is 2. The van der Waals surface area contributed by atoms with Crippen LogP contribution in [0.4, 0.5) is 4.39 Å². The minimum absolute atomic E-state index is 0.0341. The Hall–Kier alpha value is -1.99. The lowest BCUT2D eigenvalue weighted by Gasteiger charge is -2.04. The van der Waals surface area contributed by atoms with Crippen LogP contribution >= 0.6 is 11.6 Å². The molecule has 0 amide bonds. The third-order valence-corrected chi connectivity index (χ3v) is 3.12. The zero-order valence-corrected chi connectivity index (χ0v) is 11.1. The van der Waals surface area contributed by atoms with Crippen molar-refractivity contribution in [2.75, 3.05) is 0 Å². The van der Waals surface area contributed by atoms with E-state index in [-0.39, 0.29) is 18.0 Å². The standard InChI is InChI=1S/C12H12ClFN4O2/c13-11-7(2-1-3-9(11)14)5-18-6-8(16-17-18)4-10(15)12(19)20/h1-3,6,10H,4-5,15H2,(H,19,20). The van der Waals surface area contributed by atoms with Crippen LogP contribution in [0.3, 0.4) is 0 Å². The van der Waals surface area contributed by atoms with Gasteiger partial charge in [0.1, 0.15) is 11.9 Å². The number of carboxylic acids is 1. The van der Waals surface area contributed by atoms with Gasteiger partial charge in [-0.3, -0.25) is 4.79 Å². The van der Waals surface area contributed by atoms with Crippen molar-refractivity contribution in [2.24, 2.45) is 5.73 Å². The molecule has 8 heteroatoms. The minimum atomic E-state index is -1.10. The maximum Gasteiger partial charge on any atom is 0.320 e. The highest BCUT2D eigenvalue weighted by atomic mass is 35.5. The number of aromatic nitrogens is 3. The smallest absolute Gasteiger partial charge is 0.320 e. The van der Waals surface area contributed by atoms with E-state index in [9.17, 15) is 9.18 Å². The summed E-state index contributed by atoms with van der Waals surface area (Å²) in [4.78, 5) is 10.6. The zero-order valence-electron chi connectivity index (χ0n) is 10.3. The fourth-order valence-electron chi connectivity index (χ4n) is 1.67. The molecular formula is C12H12ClFN4O2. The second-order valence-electron chi connectivity index (χ2n) is 4.27. The Morgan fingerprint density at radius 1 is 1.55 bits per heavy atom. The molecule has 20 heavy (non-hydrogen) atoms. The summed E-state index contributed by atoms with van der Waals surface area (Å²) in [5.74, 6) is -1.61. The molecule has 1 aromatic heterocycles. The van der Waals surface area contributed by atoms with E-state index >= 15 is 0 Å². The van der Waals surface area contributed by atoms with E-state index in [2.05, 4.69) is 10.3 Å². The van der Waals surface area contributed by atoms with E-state index in [1.165, 1.54) is 10.7 Å². The number of carboxylic acid groups (broad SMARTS) is 1. The zero-order chi connectivity index (χ0) is 14.7. The Balaban J connectivity index is 2.10. The summed E-state index contributed by atoms with van der Waals surface area (Å²) in [6.45, 7) is 0.242. The number of benzene rings is 1. The summed E-state index contributed by atoms with van der Waals surface area (Å²) in [6, 6.07) is 3.47. The summed E-state index contributed by atoms with van der Waals surface area (Å²) in [5, 5.41) is 16.4. The Morgan fingerprint density at radius 2 is 2.30 bits per heavy atom. The molecule has 1 aromatic carbocycles. The van der Waals surface area contributed by atoms with Gasteiger partial charge in [-0.2, -0.15) is 0 Å². The highest BCUT2D eigenvalue weighted by molar-refractivity contribution is 6.31. The average molecular weight is 299 g/mol. The van der Waals surface area contributed by atoms with Gasteiger partial charge >= 0.3 is 5.97 Å². The number of nitrogens with two attached hydrogens (primary N) is 1. The summed E-state index contributed by atoms with van der Waals surface area (Å²) in [6.07, 6.45) is 1.64. The van der Waals surface area contributed by atoms with Crippen LogP contribution in [0.1, 0.15) is 11.3 Å². The third kappa shape index (κ3) is 3.31. The molecule has 0 radical (unpaired) electrons. The Morgan fingerprint density at radius 3 is 3.00 bits per heavy atom. The number of nitrogens with zero attached hydrogens (tertiary/aromatic N) is 3. The Kier molecular flexibility index (Phi) is 4.31. The molecule has 1 unspecified atom stereocenters. The van der Waals surface area contributed by atoms with Gasteiger partial charge in [0.2, 0.25) is 0 Å². The number of hydrogen-bond donors (Lipinski definition) is 2. The van der Waals surface area contributed by atoms with Gasteiger partial charge in [0, 0.05) is 12.6 Å². The topological polar surface area (TPSA) is 94.0 Å². The van der Waals surface area contributed by atoms with Gasteiger partial charge in [0.05, 0.1) is 17.3 Å². The van der Waals surface area contributed by atoms with Gasteiger partial charge in [0.25, 0.3) is 0 Å².